The quantitative estimate of drug-likeness (QED) is 0.192. The molecule has 6 aromatic carbocycles. The first-order valence-corrected chi connectivity index (χ1v) is 14.9. The molecule has 0 atom stereocenters. The number of anilines is 2. The molecular formula is C34H24N2O2S2. The summed E-state index contributed by atoms with van der Waals surface area (Å²) in [5.74, 6) is -0.251. The van der Waals surface area contributed by atoms with E-state index in [1.807, 2.05) is 133 Å². The van der Waals surface area contributed by atoms with E-state index in [2.05, 4.69) is 10.6 Å². The van der Waals surface area contributed by atoms with Gasteiger partial charge >= 0.3 is 0 Å². The molecule has 0 fully saturated rings. The van der Waals surface area contributed by atoms with Crippen LogP contribution < -0.4 is 10.6 Å². The van der Waals surface area contributed by atoms with Gasteiger partial charge < -0.3 is 10.6 Å². The number of carbonyl (C=O) groups excluding carboxylic acids is 2. The van der Waals surface area contributed by atoms with Crippen molar-refractivity contribution in [2.75, 3.05) is 10.6 Å². The van der Waals surface area contributed by atoms with Crippen LogP contribution in [0.15, 0.2) is 143 Å². The summed E-state index contributed by atoms with van der Waals surface area (Å²) >= 11 is 0. The Morgan fingerprint density at radius 1 is 0.425 bits per heavy atom. The maximum Gasteiger partial charge on any atom is 0.256 e. The van der Waals surface area contributed by atoms with E-state index in [9.17, 15) is 9.59 Å². The van der Waals surface area contributed by atoms with Crippen LogP contribution >= 0.6 is 21.6 Å². The van der Waals surface area contributed by atoms with Gasteiger partial charge in [-0.3, -0.25) is 9.59 Å². The van der Waals surface area contributed by atoms with E-state index in [0.29, 0.717) is 11.1 Å². The third-order valence-corrected chi connectivity index (χ3v) is 8.94. The third kappa shape index (κ3) is 5.73. The number of rotatable bonds is 7. The summed E-state index contributed by atoms with van der Waals surface area (Å²) < 4.78 is 0. The first kappa shape index (κ1) is 25.7. The Balaban J connectivity index is 1.05. The SMILES string of the molecule is O=C(Nc1ccc(SSc2ccc(NC(=O)c3cccc4ccccc34)cc2)cc1)c1cccc2ccccc12. The van der Waals surface area contributed by atoms with Crippen molar-refractivity contribution >= 4 is 66.3 Å². The number of amides is 2. The highest BCUT2D eigenvalue weighted by molar-refractivity contribution is 8.76. The average Bonchev–Trinajstić information content (AvgIpc) is 3.00. The zero-order chi connectivity index (χ0) is 27.3. The molecule has 0 aliphatic carbocycles. The van der Waals surface area contributed by atoms with E-state index in [0.717, 1.165) is 42.7 Å². The van der Waals surface area contributed by atoms with Gasteiger partial charge in [-0.1, -0.05) is 94.4 Å². The standard InChI is InChI=1S/C34H24N2O2S2/c37-33(31-13-5-9-23-7-1-3-11-29(23)31)35-25-15-19-27(20-16-25)39-40-28-21-17-26(18-22-28)36-34(38)32-14-6-10-24-8-2-4-12-30(24)32/h1-22H,(H,35,37)(H,36,38). The Morgan fingerprint density at radius 2 is 0.800 bits per heavy atom. The summed E-state index contributed by atoms with van der Waals surface area (Å²) in [7, 11) is 3.27. The second-order valence-electron chi connectivity index (χ2n) is 9.18. The number of nitrogens with one attached hydrogen (secondary N) is 2. The number of hydrogen-bond acceptors (Lipinski definition) is 4. The molecule has 0 unspecified atom stereocenters. The van der Waals surface area contributed by atoms with Crippen molar-refractivity contribution in [3.8, 4) is 0 Å². The number of hydrogen-bond donors (Lipinski definition) is 2. The summed E-state index contributed by atoms with van der Waals surface area (Å²) in [6, 6.07) is 42.9. The summed E-state index contributed by atoms with van der Waals surface area (Å²) in [6.45, 7) is 0. The van der Waals surface area contributed by atoms with E-state index >= 15 is 0 Å². The Kier molecular flexibility index (Phi) is 7.53. The molecule has 0 aliphatic heterocycles. The fraction of sp³-hybridized carbons (Fsp3) is 0. The molecule has 0 spiro atoms. The highest BCUT2D eigenvalue weighted by Crippen LogP contribution is 2.38. The van der Waals surface area contributed by atoms with Crippen LogP contribution in [0.3, 0.4) is 0 Å². The zero-order valence-electron chi connectivity index (χ0n) is 21.3. The minimum absolute atomic E-state index is 0.126. The van der Waals surface area contributed by atoms with E-state index in [1.165, 1.54) is 0 Å². The molecule has 6 rings (SSSR count). The highest BCUT2D eigenvalue weighted by Gasteiger charge is 2.11. The summed E-state index contributed by atoms with van der Waals surface area (Å²) in [5.41, 5.74) is 2.81. The molecule has 0 saturated heterocycles. The van der Waals surface area contributed by atoms with E-state index in [4.69, 9.17) is 0 Å². The number of fused-ring (bicyclic) bond motifs is 2. The fourth-order valence-electron chi connectivity index (χ4n) is 4.53. The van der Waals surface area contributed by atoms with Gasteiger partial charge in [0, 0.05) is 32.3 Å². The van der Waals surface area contributed by atoms with Gasteiger partial charge in [-0.2, -0.15) is 0 Å². The Hall–Kier alpha value is -4.52. The molecule has 0 heterocycles. The molecule has 0 aromatic heterocycles. The van der Waals surface area contributed by atoms with Gasteiger partial charge in [0.05, 0.1) is 0 Å². The van der Waals surface area contributed by atoms with Crippen LogP contribution in [0.1, 0.15) is 20.7 Å². The van der Waals surface area contributed by atoms with Crippen molar-refractivity contribution in [2.45, 2.75) is 9.79 Å². The Morgan fingerprint density at radius 3 is 1.23 bits per heavy atom. The van der Waals surface area contributed by atoms with Crippen molar-refractivity contribution < 1.29 is 9.59 Å². The smallest absolute Gasteiger partial charge is 0.256 e. The lowest BCUT2D eigenvalue weighted by Crippen LogP contribution is -2.12. The molecular weight excluding hydrogens is 533 g/mol. The lowest BCUT2D eigenvalue weighted by atomic mass is 10.0. The lowest BCUT2D eigenvalue weighted by molar-refractivity contribution is 0.102. The number of benzene rings is 6. The molecule has 0 radical (unpaired) electrons. The molecule has 4 nitrogen and oxygen atoms in total. The molecule has 194 valence electrons. The molecule has 6 aromatic rings. The monoisotopic (exact) mass is 556 g/mol. The van der Waals surface area contributed by atoms with Crippen molar-refractivity contribution in [2.24, 2.45) is 0 Å². The largest absolute Gasteiger partial charge is 0.322 e. The average molecular weight is 557 g/mol. The minimum Gasteiger partial charge on any atom is -0.322 e. The van der Waals surface area contributed by atoms with Crippen LogP contribution in [-0.2, 0) is 0 Å². The topological polar surface area (TPSA) is 58.2 Å². The van der Waals surface area contributed by atoms with Gasteiger partial charge in [-0.25, -0.2) is 0 Å². The van der Waals surface area contributed by atoms with Gasteiger partial charge in [-0.15, -0.1) is 0 Å². The second kappa shape index (κ2) is 11.7. The van der Waals surface area contributed by atoms with Gasteiger partial charge in [0.1, 0.15) is 0 Å². The van der Waals surface area contributed by atoms with Crippen molar-refractivity contribution in [3.63, 3.8) is 0 Å². The van der Waals surface area contributed by atoms with Crippen molar-refractivity contribution in [1.82, 2.24) is 0 Å². The van der Waals surface area contributed by atoms with Crippen LogP contribution in [0, 0.1) is 0 Å². The maximum absolute atomic E-state index is 12.9. The van der Waals surface area contributed by atoms with Crippen LogP contribution in [0.2, 0.25) is 0 Å². The highest BCUT2D eigenvalue weighted by atomic mass is 33.1. The van der Waals surface area contributed by atoms with Crippen LogP contribution in [0.4, 0.5) is 11.4 Å². The Labute approximate surface area is 240 Å². The predicted molar refractivity (Wildman–Crippen MR) is 168 cm³/mol. The third-order valence-electron chi connectivity index (χ3n) is 6.53. The lowest BCUT2D eigenvalue weighted by Gasteiger charge is -2.09. The first-order chi connectivity index (χ1) is 19.6. The van der Waals surface area contributed by atoms with Gasteiger partial charge in [0.15, 0.2) is 0 Å². The Bertz CT molecular complexity index is 1690. The molecule has 0 aliphatic rings. The molecule has 0 bridgehead atoms. The normalized spacial score (nSPS) is 10.9. The van der Waals surface area contributed by atoms with E-state index < -0.39 is 0 Å². The predicted octanol–water partition coefficient (Wildman–Crippen LogP) is 9.30. The second-order valence-corrected chi connectivity index (χ2v) is 11.5. The molecule has 40 heavy (non-hydrogen) atoms. The van der Waals surface area contributed by atoms with Crippen molar-refractivity contribution in [3.05, 3.63) is 145 Å². The van der Waals surface area contributed by atoms with Gasteiger partial charge in [0.2, 0.25) is 0 Å². The van der Waals surface area contributed by atoms with Crippen molar-refractivity contribution in [1.29, 1.82) is 0 Å². The van der Waals surface area contributed by atoms with Gasteiger partial charge in [0.25, 0.3) is 11.8 Å². The summed E-state index contributed by atoms with van der Waals surface area (Å²) in [6.07, 6.45) is 0. The van der Waals surface area contributed by atoms with Crippen LogP contribution in [0.25, 0.3) is 21.5 Å². The maximum atomic E-state index is 12.9. The minimum atomic E-state index is -0.126. The fourth-order valence-corrected chi connectivity index (χ4v) is 6.46. The summed E-state index contributed by atoms with van der Waals surface area (Å²) in [5, 5.41) is 9.96. The molecule has 2 N–H and O–H groups in total. The van der Waals surface area contributed by atoms with E-state index in [-0.39, 0.29) is 11.8 Å². The first-order valence-electron chi connectivity index (χ1n) is 12.8. The molecule has 2 amide bonds. The molecule has 6 heteroatoms. The zero-order valence-corrected chi connectivity index (χ0v) is 23.0. The summed E-state index contributed by atoms with van der Waals surface area (Å²) in [4.78, 5) is 28.0. The van der Waals surface area contributed by atoms with E-state index in [1.54, 1.807) is 21.6 Å². The number of carbonyl (C=O) groups is 2. The van der Waals surface area contributed by atoms with Crippen LogP contribution in [-0.4, -0.2) is 11.8 Å². The molecule has 0 saturated carbocycles. The van der Waals surface area contributed by atoms with Crippen LogP contribution in [0.5, 0.6) is 0 Å². The van der Waals surface area contributed by atoms with Gasteiger partial charge in [-0.05, 0) is 82.2 Å².